The zero-order valence-electron chi connectivity index (χ0n) is 9.02. The van der Waals surface area contributed by atoms with E-state index in [0.717, 1.165) is 16.7 Å². The lowest BCUT2D eigenvalue weighted by Crippen LogP contribution is -2.04. The highest BCUT2D eigenvalue weighted by molar-refractivity contribution is 5.78. The number of aryl methyl sites for hydroxylation is 1. The molecule has 2 aromatic rings. The molecule has 2 heterocycles. The molecule has 0 amide bonds. The van der Waals surface area contributed by atoms with E-state index in [-0.39, 0.29) is 6.04 Å². The van der Waals surface area contributed by atoms with Crippen molar-refractivity contribution in [2.75, 3.05) is 0 Å². The zero-order valence-corrected chi connectivity index (χ0v) is 9.02. The van der Waals surface area contributed by atoms with E-state index in [1.165, 1.54) is 0 Å². The van der Waals surface area contributed by atoms with Gasteiger partial charge in [0.1, 0.15) is 11.8 Å². The number of hydrogen-bond acceptors (Lipinski definition) is 3. The molecule has 0 radical (unpaired) electrons. The number of fused-ring (bicyclic) bond motifs is 1. The first-order chi connectivity index (χ1) is 7.13. The number of aromatic nitrogens is 3. The maximum Gasteiger partial charge on any atom is 0.159 e. The van der Waals surface area contributed by atoms with Crippen molar-refractivity contribution in [3.05, 3.63) is 23.5 Å². The quantitative estimate of drug-likeness (QED) is 0.709. The second-order valence-electron chi connectivity index (χ2n) is 3.80. The summed E-state index contributed by atoms with van der Waals surface area (Å²) in [5.41, 5.74) is 2.18. The first kappa shape index (κ1) is 9.66. The first-order valence-electron chi connectivity index (χ1n) is 4.89. The van der Waals surface area contributed by atoms with Crippen LogP contribution in [0, 0.1) is 18.3 Å². The predicted octanol–water partition coefficient (Wildman–Crippen LogP) is 2.19. The van der Waals surface area contributed by atoms with Gasteiger partial charge in [0.15, 0.2) is 5.65 Å². The van der Waals surface area contributed by atoms with Crippen molar-refractivity contribution < 1.29 is 0 Å². The number of rotatable bonds is 1. The Morgan fingerprint density at radius 3 is 2.73 bits per heavy atom. The Labute approximate surface area is 88.2 Å². The SMILES string of the molecule is Cc1nn(C(C)C)c2nc(C#N)ccc12. The minimum atomic E-state index is 0.252. The van der Waals surface area contributed by atoms with E-state index in [9.17, 15) is 0 Å². The average Bonchev–Trinajstić information content (AvgIpc) is 2.56. The molecule has 0 atom stereocenters. The van der Waals surface area contributed by atoms with E-state index >= 15 is 0 Å². The molecule has 76 valence electrons. The van der Waals surface area contributed by atoms with Crippen molar-refractivity contribution in [3.8, 4) is 6.07 Å². The van der Waals surface area contributed by atoms with Crippen LogP contribution in [0.1, 0.15) is 31.3 Å². The fraction of sp³-hybridized carbons (Fsp3) is 0.364. The summed E-state index contributed by atoms with van der Waals surface area (Å²) in [5.74, 6) is 0. The Balaban J connectivity index is 2.79. The second kappa shape index (κ2) is 3.35. The van der Waals surface area contributed by atoms with E-state index < -0.39 is 0 Å². The summed E-state index contributed by atoms with van der Waals surface area (Å²) in [4.78, 5) is 4.28. The third-order valence-electron chi connectivity index (χ3n) is 2.34. The minimum Gasteiger partial charge on any atom is -0.244 e. The number of nitriles is 1. The molecule has 0 saturated heterocycles. The third kappa shape index (κ3) is 1.46. The van der Waals surface area contributed by atoms with Crippen molar-refractivity contribution in [1.82, 2.24) is 14.8 Å². The highest BCUT2D eigenvalue weighted by atomic mass is 15.3. The molecule has 0 spiro atoms. The van der Waals surface area contributed by atoms with Gasteiger partial charge in [0.05, 0.1) is 5.69 Å². The van der Waals surface area contributed by atoms with Crippen LogP contribution in [-0.4, -0.2) is 14.8 Å². The molecule has 4 nitrogen and oxygen atoms in total. The molecule has 0 N–H and O–H groups in total. The van der Waals surface area contributed by atoms with Crippen molar-refractivity contribution in [2.45, 2.75) is 26.8 Å². The molecular weight excluding hydrogens is 188 g/mol. The molecule has 15 heavy (non-hydrogen) atoms. The first-order valence-corrected chi connectivity index (χ1v) is 4.89. The number of nitrogens with zero attached hydrogens (tertiary/aromatic N) is 4. The van der Waals surface area contributed by atoms with E-state index in [4.69, 9.17) is 5.26 Å². The Bertz CT molecular complexity index is 545. The summed E-state index contributed by atoms with van der Waals surface area (Å²) >= 11 is 0. The Morgan fingerprint density at radius 2 is 2.13 bits per heavy atom. The fourth-order valence-electron chi connectivity index (χ4n) is 1.59. The van der Waals surface area contributed by atoms with Crippen molar-refractivity contribution in [1.29, 1.82) is 5.26 Å². The van der Waals surface area contributed by atoms with Gasteiger partial charge in [-0.05, 0) is 32.9 Å². The molecule has 0 fully saturated rings. The maximum atomic E-state index is 8.79. The summed E-state index contributed by atoms with van der Waals surface area (Å²) in [6, 6.07) is 5.92. The van der Waals surface area contributed by atoms with Crippen LogP contribution in [0.2, 0.25) is 0 Å². The summed E-state index contributed by atoms with van der Waals surface area (Å²) in [7, 11) is 0. The molecule has 0 aliphatic heterocycles. The molecule has 0 aliphatic carbocycles. The maximum absolute atomic E-state index is 8.79. The van der Waals surface area contributed by atoms with Crippen molar-refractivity contribution >= 4 is 11.0 Å². The molecular formula is C11H12N4. The Morgan fingerprint density at radius 1 is 1.40 bits per heavy atom. The smallest absolute Gasteiger partial charge is 0.159 e. The van der Waals surface area contributed by atoms with Crippen LogP contribution < -0.4 is 0 Å². The fourth-order valence-corrected chi connectivity index (χ4v) is 1.59. The normalized spacial score (nSPS) is 10.9. The van der Waals surface area contributed by atoms with Crippen LogP contribution in [-0.2, 0) is 0 Å². The minimum absolute atomic E-state index is 0.252. The van der Waals surface area contributed by atoms with Crippen LogP contribution >= 0.6 is 0 Å². The summed E-state index contributed by atoms with van der Waals surface area (Å²) in [6.45, 7) is 6.05. The largest absolute Gasteiger partial charge is 0.244 e. The summed E-state index contributed by atoms with van der Waals surface area (Å²) < 4.78 is 1.85. The van der Waals surface area contributed by atoms with Gasteiger partial charge in [-0.15, -0.1) is 0 Å². The lowest BCUT2D eigenvalue weighted by atomic mass is 10.2. The van der Waals surface area contributed by atoms with E-state index in [0.29, 0.717) is 5.69 Å². The van der Waals surface area contributed by atoms with E-state index in [1.807, 2.05) is 37.6 Å². The number of hydrogen-bond donors (Lipinski definition) is 0. The van der Waals surface area contributed by atoms with Gasteiger partial charge >= 0.3 is 0 Å². The predicted molar refractivity (Wildman–Crippen MR) is 57.4 cm³/mol. The molecule has 0 saturated carbocycles. The lowest BCUT2D eigenvalue weighted by molar-refractivity contribution is 0.542. The van der Waals surface area contributed by atoms with Gasteiger partial charge in [-0.1, -0.05) is 0 Å². The van der Waals surface area contributed by atoms with Crippen LogP contribution in [0.5, 0.6) is 0 Å². The Hall–Kier alpha value is -1.89. The van der Waals surface area contributed by atoms with Crippen molar-refractivity contribution in [3.63, 3.8) is 0 Å². The van der Waals surface area contributed by atoms with Gasteiger partial charge in [0, 0.05) is 11.4 Å². The van der Waals surface area contributed by atoms with Crippen LogP contribution in [0.25, 0.3) is 11.0 Å². The zero-order chi connectivity index (χ0) is 11.0. The molecule has 0 aromatic carbocycles. The number of pyridine rings is 1. The highest BCUT2D eigenvalue weighted by Crippen LogP contribution is 2.19. The van der Waals surface area contributed by atoms with Crippen LogP contribution in [0.15, 0.2) is 12.1 Å². The molecule has 4 heteroatoms. The highest BCUT2D eigenvalue weighted by Gasteiger charge is 2.11. The summed E-state index contributed by atoms with van der Waals surface area (Å²) in [5, 5.41) is 14.2. The molecule has 2 aromatic heterocycles. The standard InChI is InChI=1S/C11H12N4/c1-7(2)15-11-10(8(3)14-15)5-4-9(6-12)13-11/h4-5,7H,1-3H3. The third-order valence-corrected chi connectivity index (χ3v) is 2.34. The van der Waals surface area contributed by atoms with E-state index in [2.05, 4.69) is 10.1 Å². The monoisotopic (exact) mass is 200 g/mol. The van der Waals surface area contributed by atoms with Crippen LogP contribution in [0.3, 0.4) is 0 Å². The topological polar surface area (TPSA) is 54.5 Å². The van der Waals surface area contributed by atoms with Gasteiger partial charge in [0.2, 0.25) is 0 Å². The molecule has 2 rings (SSSR count). The van der Waals surface area contributed by atoms with Gasteiger partial charge in [0.25, 0.3) is 0 Å². The van der Waals surface area contributed by atoms with Gasteiger partial charge in [-0.3, -0.25) is 0 Å². The summed E-state index contributed by atoms with van der Waals surface area (Å²) in [6.07, 6.45) is 0. The molecule has 0 unspecified atom stereocenters. The molecule has 0 aliphatic rings. The lowest BCUT2D eigenvalue weighted by Gasteiger charge is -2.05. The van der Waals surface area contributed by atoms with Crippen LogP contribution in [0.4, 0.5) is 0 Å². The Kier molecular flexibility index (Phi) is 2.16. The van der Waals surface area contributed by atoms with E-state index in [1.54, 1.807) is 6.07 Å². The second-order valence-corrected chi connectivity index (χ2v) is 3.80. The van der Waals surface area contributed by atoms with Gasteiger partial charge < -0.3 is 0 Å². The van der Waals surface area contributed by atoms with Crippen molar-refractivity contribution in [2.24, 2.45) is 0 Å². The molecule has 0 bridgehead atoms. The average molecular weight is 200 g/mol. The van der Waals surface area contributed by atoms with Gasteiger partial charge in [-0.2, -0.15) is 10.4 Å². The van der Waals surface area contributed by atoms with Gasteiger partial charge in [-0.25, -0.2) is 9.67 Å².